The molecule has 6 nitrogen and oxygen atoms in total. The largest absolute Gasteiger partial charge is 0.353 e. The van der Waals surface area contributed by atoms with Gasteiger partial charge in [0, 0.05) is 51.7 Å². The number of anilines is 1. The van der Waals surface area contributed by atoms with Crippen LogP contribution in [0.1, 0.15) is 39.0 Å². The number of rotatable bonds is 5. The number of aryl methyl sites for hydroxylation is 1. The smallest absolute Gasteiger partial charge is 0.223 e. The Balaban J connectivity index is 1.08. The molecule has 5 rings (SSSR count). The maximum atomic E-state index is 12.6. The van der Waals surface area contributed by atoms with E-state index in [2.05, 4.69) is 33.5 Å². The summed E-state index contributed by atoms with van der Waals surface area (Å²) in [5.41, 5.74) is 1.23. The molecule has 1 saturated heterocycles. The number of hydrogen-bond donors (Lipinski definition) is 1. The molecule has 0 radical (unpaired) electrons. The Kier molecular flexibility index (Phi) is 5.28. The van der Waals surface area contributed by atoms with Crippen LogP contribution in [0.3, 0.4) is 0 Å². The second kappa shape index (κ2) is 7.91. The molecule has 0 aromatic carbocycles. The number of fused-ring (bicyclic) bond motifs is 1. The minimum atomic E-state index is 0.258. The first-order valence-electron chi connectivity index (χ1n) is 11.3. The van der Waals surface area contributed by atoms with E-state index in [1.165, 1.54) is 23.1 Å². The molecule has 7 heteroatoms. The van der Waals surface area contributed by atoms with Gasteiger partial charge < -0.3 is 10.2 Å². The minimum absolute atomic E-state index is 0.258. The van der Waals surface area contributed by atoms with Crippen molar-refractivity contribution in [2.45, 2.75) is 45.1 Å². The number of nitrogens with zero attached hydrogens (tertiary/aromatic N) is 4. The summed E-state index contributed by atoms with van der Waals surface area (Å²) in [5.74, 6) is 3.11. The molecule has 0 bridgehead atoms. The second-order valence-electron chi connectivity index (χ2n) is 9.44. The molecule has 0 unspecified atom stereocenters. The van der Waals surface area contributed by atoms with E-state index in [9.17, 15) is 4.79 Å². The van der Waals surface area contributed by atoms with Crippen LogP contribution >= 0.6 is 11.3 Å². The Bertz CT molecular complexity index is 860. The third kappa shape index (κ3) is 4.04. The minimum Gasteiger partial charge on any atom is -0.353 e. The zero-order valence-corrected chi connectivity index (χ0v) is 18.5. The number of piperazine rings is 1. The number of carbonyl (C=O) groups is 1. The third-order valence-corrected chi connectivity index (χ3v) is 8.13. The molecular formula is C22H33N5OS. The van der Waals surface area contributed by atoms with Crippen LogP contribution < -0.4 is 10.2 Å². The number of nitrogens with one attached hydrogen (secondary N) is 1. The van der Waals surface area contributed by atoms with Gasteiger partial charge in [0.1, 0.15) is 0 Å². The Morgan fingerprint density at radius 2 is 1.97 bits per heavy atom. The average molecular weight is 416 g/mol. The lowest BCUT2D eigenvalue weighted by atomic mass is 9.87. The van der Waals surface area contributed by atoms with Crippen molar-refractivity contribution in [2.24, 2.45) is 24.8 Å². The quantitative estimate of drug-likeness (QED) is 0.815. The predicted molar refractivity (Wildman–Crippen MR) is 118 cm³/mol. The fourth-order valence-corrected chi connectivity index (χ4v) is 6.06. The number of thiophene rings is 1. The van der Waals surface area contributed by atoms with Crippen molar-refractivity contribution in [2.75, 3.05) is 37.6 Å². The third-order valence-electron chi connectivity index (χ3n) is 7.23. The summed E-state index contributed by atoms with van der Waals surface area (Å²) in [5, 5.41) is 10.2. The summed E-state index contributed by atoms with van der Waals surface area (Å²) in [6.45, 7) is 7.57. The maximum absolute atomic E-state index is 12.6. The first kappa shape index (κ1) is 19.4. The van der Waals surface area contributed by atoms with Gasteiger partial charge in [-0.1, -0.05) is 6.92 Å². The van der Waals surface area contributed by atoms with E-state index >= 15 is 0 Å². The predicted octanol–water partition coefficient (Wildman–Crippen LogP) is 3.09. The summed E-state index contributed by atoms with van der Waals surface area (Å²) < 4.78 is 3.30. The van der Waals surface area contributed by atoms with Gasteiger partial charge >= 0.3 is 0 Å². The van der Waals surface area contributed by atoms with E-state index in [1.807, 2.05) is 11.7 Å². The SMILES string of the molecule is CC1CCC(NC(=O)[C@H]2C[C@@H]2CN2CCN(c3nn(C)c4ccsc34)CC2)CC1. The van der Waals surface area contributed by atoms with Gasteiger partial charge in [-0.25, -0.2) is 0 Å². The fourth-order valence-electron chi connectivity index (χ4n) is 5.13. The molecular weight excluding hydrogens is 382 g/mol. The molecule has 158 valence electrons. The highest BCUT2D eigenvalue weighted by molar-refractivity contribution is 7.17. The van der Waals surface area contributed by atoms with E-state index in [1.54, 1.807) is 11.3 Å². The zero-order valence-electron chi connectivity index (χ0n) is 17.6. The number of amides is 1. The Morgan fingerprint density at radius 1 is 1.21 bits per heavy atom. The van der Waals surface area contributed by atoms with Crippen LogP contribution in [0.25, 0.3) is 10.2 Å². The van der Waals surface area contributed by atoms with Crippen LogP contribution in [0.2, 0.25) is 0 Å². The van der Waals surface area contributed by atoms with Crippen molar-refractivity contribution in [1.29, 1.82) is 0 Å². The van der Waals surface area contributed by atoms with Crippen molar-refractivity contribution in [3.8, 4) is 0 Å². The van der Waals surface area contributed by atoms with Crippen molar-refractivity contribution in [3.63, 3.8) is 0 Å². The lowest BCUT2D eigenvalue weighted by Gasteiger charge is -2.35. The maximum Gasteiger partial charge on any atom is 0.223 e. The van der Waals surface area contributed by atoms with Gasteiger partial charge in [0.05, 0.1) is 10.2 Å². The van der Waals surface area contributed by atoms with Gasteiger partial charge in [-0.2, -0.15) is 5.10 Å². The molecule has 2 atom stereocenters. The number of aromatic nitrogens is 2. The van der Waals surface area contributed by atoms with E-state index in [-0.39, 0.29) is 5.92 Å². The average Bonchev–Trinajstić information content (AvgIpc) is 3.18. The van der Waals surface area contributed by atoms with Crippen molar-refractivity contribution >= 4 is 33.3 Å². The molecule has 1 N–H and O–H groups in total. The van der Waals surface area contributed by atoms with Crippen molar-refractivity contribution in [3.05, 3.63) is 11.4 Å². The van der Waals surface area contributed by atoms with E-state index in [0.717, 1.165) is 63.7 Å². The van der Waals surface area contributed by atoms with Gasteiger partial charge in [-0.3, -0.25) is 14.4 Å². The first-order chi connectivity index (χ1) is 14.1. The molecule has 3 heterocycles. The van der Waals surface area contributed by atoms with Crippen LogP contribution in [0.5, 0.6) is 0 Å². The zero-order chi connectivity index (χ0) is 20.0. The van der Waals surface area contributed by atoms with E-state index in [0.29, 0.717) is 17.9 Å². The fraction of sp³-hybridized carbons (Fsp3) is 0.727. The van der Waals surface area contributed by atoms with Crippen LogP contribution in [0.4, 0.5) is 5.82 Å². The van der Waals surface area contributed by atoms with Crippen LogP contribution in [-0.4, -0.2) is 59.4 Å². The molecule has 2 aromatic rings. The Hall–Kier alpha value is -1.60. The summed E-state index contributed by atoms with van der Waals surface area (Å²) >= 11 is 1.78. The summed E-state index contributed by atoms with van der Waals surface area (Å²) in [4.78, 5) is 17.6. The lowest BCUT2D eigenvalue weighted by molar-refractivity contribution is -0.123. The molecule has 2 aliphatic carbocycles. The summed E-state index contributed by atoms with van der Waals surface area (Å²) in [6.07, 6.45) is 5.93. The van der Waals surface area contributed by atoms with Gasteiger partial charge in [0.2, 0.25) is 5.91 Å². The molecule has 29 heavy (non-hydrogen) atoms. The van der Waals surface area contributed by atoms with Crippen LogP contribution in [0.15, 0.2) is 11.4 Å². The van der Waals surface area contributed by atoms with Crippen LogP contribution in [0, 0.1) is 17.8 Å². The normalized spacial score (nSPS) is 30.6. The van der Waals surface area contributed by atoms with E-state index < -0.39 is 0 Å². The van der Waals surface area contributed by atoms with Gasteiger partial charge in [-0.15, -0.1) is 11.3 Å². The molecule has 2 saturated carbocycles. The van der Waals surface area contributed by atoms with Gasteiger partial charge in [0.15, 0.2) is 5.82 Å². The molecule has 1 amide bonds. The highest BCUT2D eigenvalue weighted by Crippen LogP contribution is 2.40. The number of carbonyl (C=O) groups excluding carboxylic acids is 1. The van der Waals surface area contributed by atoms with Gasteiger partial charge in [-0.05, 0) is 55.4 Å². The van der Waals surface area contributed by atoms with Crippen molar-refractivity contribution in [1.82, 2.24) is 20.0 Å². The molecule has 3 fully saturated rings. The Labute approximate surface area is 177 Å². The standard InChI is InChI=1S/C22H33N5OS/c1-15-3-5-17(6-4-15)23-22(28)18-13-16(18)14-26-8-10-27(11-9-26)21-20-19(7-12-29-20)25(2)24-21/h7,12,15-18H,3-6,8-11,13-14H2,1-2H3,(H,23,28)/t15?,16-,17?,18+/m1/s1. The van der Waals surface area contributed by atoms with Crippen molar-refractivity contribution < 1.29 is 4.79 Å². The summed E-state index contributed by atoms with van der Waals surface area (Å²) in [6, 6.07) is 2.58. The highest BCUT2D eigenvalue weighted by Gasteiger charge is 2.44. The highest BCUT2D eigenvalue weighted by atomic mass is 32.1. The number of hydrogen-bond acceptors (Lipinski definition) is 5. The van der Waals surface area contributed by atoms with Gasteiger partial charge in [0.25, 0.3) is 0 Å². The molecule has 1 aliphatic heterocycles. The molecule has 3 aliphatic rings. The molecule has 2 aromatic heterocycles. The Morgan fingerprint density at radius 3 is 2.72 bits per heavy atom. The summed E-state index contributed by atoms with van der Waals surface area (Å²) in [7, 11) is 2.03. The second-order valence-corrected chi connectivity index (χ2v) is 10.4. The first-order valence-corrected chi connectivity index (χ1v) is 12.1. The van der Waals surface area contributed by atoms with Crippen LogP contribution in [-0.2, 0) is 11.8 Å². The monoisotopic (exact) mass is 415 g/mol. The van der Waals surface area contributed by atoms with E-state index in [4.69, 9.17) is 5.10 Å². The topological polar surface area (TPSA) is 53.4 Å². The molecule has 0 spiro atoms. The lowest BCUT2D eigenvalue weighted by Crippen LogP contribution is -2.47.